The SMILES string of the molecule is Cc1cccc(C(=O)OCC(=O)Nc2ccc(C(N)=O)cc2)c1N. The van der Waals surface area contributed by atoms with Gasteiger partial charge in [0.25, 0.3) is 5.91 Å². The normalized spacial score (nSPS) is 10.0. The number of nitrogens with two attached hydrogens (primary N) is 2. The Bertz CT molecular complexity index is 785. The standard InChI is InChI=1S/C17H17N3O4/c1-10-3-2-4-13(15(10)18)17(23)24-9-14(21)20-12-7-5-11(6-8-12)16(19)22/h2-8H,9,18H2,1H3,(H2,19,22)(H,20,21). The summed E-state index contributed by atoms with van der Waals surface area (Å²) in [5.74, 6) is -1.74. The van der Waals surface area contributed by atoms with Crippen LogP contribution in [0.1, 0.15) is 26.3 Å². The number of nitrogens with one attached hydrogen (secondary N) is 1. The number of carbonyl (C=O) groups is 3. The second-order valence-electron chi connectivity index (χ2n) is 5.10. The Kier molecular flexibility index (Phi) is 5.16. The molecule has 0 aromatic heterocycles. The van der Waals surface area contributed by atoms with Gasteiger partial charge in [-0.05, 0) is 42.8 Å². The Hall–Kier alpha value is -3.35. The quantitative estimate of drug-likeness (QED) is 0.566. The van der Waals surface area contributed by atoms with Gasteiger partial charge in [0, 0.05) is 16.9 Å². The highest BCUT2D eigenvalue weighted by Gasteiger charge is 2.14. The molecule has 2 aromatic carbocycles. The molecule has 0 saturated carbocycles. The average Bonchev–Trinajstić information content (AvgIpc) is 2.55. The van der Waals surface area contributed by atoms with Crippen molar-refractivity contribution in [2.24, 2.45) is 5.73 Å². The summed E-state index contributed by atoms with van der Waals surface area (Å²) in [6.45, 7) is 1.32. The molecule has 2 amide bonds. The lowest BCUT2D eigenvalue weighted by atomic mass is 10.1. The van der Waals surface area contributed by atoms with Crippen molar-refractivity contribution < 1.29 is 19.1 Å². The van der Waals surface area contributed by atoms with Crippen molar-refractivity contribution in [2.45, 2.75) is 6.92 Å². The number of para-hydroxylation sites is 1. The first kappa shape index (κ1) is 17.0. The van der Waals surface area contributed by atoms with Gasteiger partial charge in [-0.3, -0.25) is 9.59 Å². The number of nitrogen functional groups attached to an aromatic ring is 1. The van der Waals surface area contributed by atoms with Crippen molar-refractivity contribution >= 4 is 29.2 Å². The zero-order valence-electron chi connectivity index (χ0n) is 13.0. The predicted molar refractivity (Wildman–Crippen MR) is 89.5 cm³/mol. The first-order valence-corrected chi connectivity index (χ1v) is 7.10. The van der Waals surface area contributed by atoms with Crippen LogP contribution in [0, 0.1) is 6.92 Å². The largest absolute Gasteiger partial charge is 0.452 e. The molecule has 0 saturated heterocycles. The minimum atomic E-state index is -0.671. The number of esters is 1. The van der Waals surface area contributed by atoms with E-state index in [0.717, 1.165) is 5.56 Å². The van der Waals surface area contributed by atoms with Crippen molar-refractivity contribution in [1.29, 1.82) is 0 Å². The second kappa shape index (κ2) is 7.28. The fourth-order valence-electron chi connectivity index (χ4n) is 1.98. The molecule has 0 aliphatic carbocycles. The topological polar surface area (TPSA) is 125 Å². The smallest absolute Gasteiger partial charge is 0.340 e. The molecule has 0 atom stereocenters. The van der Waals surface area contributed by atoms with E-state index in [1.165, 1.54) is 30.3 Å². The van der Waals surface area contributed by atoms with Crippen LogP contribution in [0.4, 0.5) is 11.4 Å². The van der Waals surface area contributed by atoms with Gasteiger partial charge >= 0.3 is 5.97 Å². The van der Waals surface area contributed by atoms with Gasteiger partial charge in [0.2, 0.25) is 5.91 Å². The minimum Gasteiger partial charge on any atom is -0.452 e. The molecule has 0 fully saturated rings. The molecule has 5 N–H and O–H groups in total. The van der Waals surface area contributed by atoms with E-state index in [1.54, 1.807) is 19.1 Å². The lowest BCUT2D eigenvalue weighted by Gasteiger charge is -2.09. The lowest BCUT2D eigenvalue weighted by molar-refractivity contribution is -0.119. The van der Waals surface area contributed by atoms with Crippen LogP contribution in [-0.4, -0.2) is 24.4 Å². The fourth-order valence-corrected chi connectivity index (χ4v) is 1.98. The summed E-state index contributed by atoms with van der Waals surface area (Å²) >= 11 is 0. The third-order valence-corrected chi connectivity index (χ3v) is 3.33. The molecule has 0 radical (unpaired) electrons. The molecule has 24 heavy (non-hydrogen) atoms. The van der Waals surface area contributed by atoms with Gasteiger partial charge in [0.15, 0.2) is 6.61 Å². The van der Waals surface area contributed by atoms with E-state index >= 15 is 0 Å². The molecule has 0 bridgehead atoms. The monoisotopic (exact) mass is 327 g/mol. The summed E-state index contributed by atoms with van der Waals surface area (Å²) in [6, 6.07) is 11.0. The van der Waals surface area contributed by atoms with Crippen molar-refractivity contribution in [3.8, 4) is 0 Å². The molecule has 2 aromatic rings. The average molecular weight is 327 g/mol. The molecule has 124 valence electrons. The van der Waals surface area contributed by atoms with Gasteiger partial charge < -0.3 is 21.5 Å². The Morgan fingerprint density at radius 2 is 1.75 bits per heavy atom. The summed E-state index contributed by atoms with van der Waals surface area (Å²) < 4.78 is 4.95. The zero-order valence-corrected chi connectivity index (χ0v) is 13.0. The van der Waals surface area contributed by atoms with Crippen LogP contribution in [-0.2, 0) is 9.53 Å². The van der Waals surface area contributed by atoms with Gasteiger partial charge in [0.05, 0.1) is 5.56 Å². The van der Waals surface area contributed by atoms with Crippen LogP contribution in [0.25, 0.3) is 0 Å². The highest BCUT2D eigenvalue weighted by atomic mass is 16.5. The van der Waals surface area contributed by atoms with E-state index in [1.807, 2.05) is 0 Å². The van der Waals surface area contributed by atoms with Crippen LogP contribution in [0.2, 0.25) is 0 Å². The molecule has 0 aliphatic rings. The van der Waals surface area contributed by atoms with Crippen LogP contribution in [0.5, 0.6) is 0 Å². The maximum absolute atomic E-state index is 12.0. The number of amides is 2. The summed E-state index contributed by atoms with van der Waals surface area (Å²) in [7, 11) is 0. The number of primary amides is 1. The molecule has 0 spiro atoms. The van der Waals surface area contributed by atoms with Crippen molar-refractivity contribution in [3.63, 3.8) is 0 Å². The molecular formula is C17H17N3O4. The number of anilines is 2. The number of hydrogen-bond acceptors (Lipinski definition) is 5. The van der Waals surface area contributed by atoms with E-state index in [9.17, 15) is 14.4 Å². The van der Waals surface area contributed by atoms with Gasteiger partial charge in [-0.2, -0.15) is 0 Å². The van der Waals surface area contributed by atoms with Gasteiger partial charge in [0.1, 0.15) is 0 Å². The Balaban J connectivity index is 1.92. The van der Waals surface area contributed by atoms with E-state index in [2.05, 4.69) is 5.32 Å². The summed E-state index contributed by atoms with van der Waals surface area (Å²) in [5.41, 5.74) is 13.0. The Morgan fingerprint density at radius 3 is 2.38 bits per heavy atom. The molecule has 0 heterocycles. The number of hydrogen-bond donors (Lipinski definition) is 3. The van der Waals surface area contributed by atoms with Crippen LogP contribution in [0.15, 0.2) is 42.5 Å². The third-order valence-electron chi connectivity index (χ3n) is 3.33. The van der Waals surface area contributed by atoms with Gasteiger partial charge in [-0.1, -0.05) is 12.1 Å². The predicted octanol–water partition coefficient (Wildman–Crippen LogP) is 1.47. The van der Waals surface area contributed by atoms with Crippen molar-refractivity contribution in [2.75, 3.05) is 17.7 Å². The van der Waals surface area contributed by atoms with E-state index in [-0.39, 0.29) is 5.56 Å². The maximum atomic E-state index is 12.0. The number of rotatable bonds is 5. The van der Waals surface area contributed by atoms with Crippen LogP contribution < -0.4 is 16.8 Å². The van der Waals surface area contributed by atoms with Crippen molar-refractivity contribution in [1.82, 2.24) is 0 Å². The fraction of sp³-hybridized carbons (Fsp3) is 0.118. The maximum Gasteiger partial charge on any atom is 0.340 e. The van der Waals surface area contributed by atoms with Crippen LogP contribution >= 0.6 is 0 Å². The number of ether oxygens (including phenoxy) is 1. The highest BCUT2D eigenvalue weighted by molar-refractivity contribution is 5.99. The number of carbonyl (C=O) groups excluding carboxylic acids is 3. The molecule has 0 aliphatic heterocycles. The van der Waals surface area contributed by atoms with Crippen molar-refractivity contribution in [3.05, 3.63) is 59.2 Å². The van der Waals surface area contributed by atoms with E-state index in [4.69, 9.17) is 16.2 Å². The second-order valence-corrected chi connectivity index (χ2v) is 5.10. The first-order chi connectivity index (χ1) is 11.4. The molecule has 0 unspecified atom stereocenters. The summed E-state index contributed by atoms with van der Waals surface area (Å²) in [5, 5.41) is 2.54. The summed E-state index contributed by atoms with van der Waals surface area (Å²) in [6.07, 6.45) is 0. The number of benzene rings is 2. The summed E-state index contributed by atoms with van der Waals surface area (Å²) in [4.78, 5) is 34.7. The lowest BCUT2D eigenvalue weighted by Crippen LogP contribution is -2.21. The Labute approximate surface area is 138 Å². The van der Waals surface area contributed by atoms with E-state index < -0.39 is 24.4 Å². The molecule has 7 nitrogen and oxygen atoms in total. The van der Waals surface area contributed by atoms with Gasteiger partial charge in [-0.25, -0.2) is 4.79 Å². The number of aryl methyl sites for hydroxylation is 1. The minimum absolute atomic E-state index is 0.216. The van der Waals surface area contributed by atoms with Gasteiger partial charge in [-0.15, -0.1) is 0 Å². The Morgan fingerprint density at radius 1 is 1.08 bits per heavy atom. The molecule has 2 rings (SSSR count). The zero-order chi connectivity index (χ0) is 17.7. The highest BCUT2D eigenvalue weighted by Crippen LogP contribution is 2.17. The third kappa shape index (κ3) is 4.10. The first-order valence-electron chi connectivity index (χ1n) is 7.10. The van der Waals surface area contributed by atoms with E-state index in [0.29, 0.717) is 16.9 Å². The molecular weight excluding hydrogens is 310 g/mol. The molecule has 7 heteroatoms. The van der Waals surface area contributed by atoms with Crippen LogP contribution in [0.3, 0.4) is 0 Å².